The van der Waals surface area contributed by atoms with Crippen molar-refractivity contribution in [1.82, 2.24) is 0 Å². The Hall–Kier alpha value is -3.24. The molecule has 0 heterocycles. The van der Waals surface area contributed by atoms with Crippen LogP contribution in [0.2, 0.25) is 0 Å². The molecule has 2 aromatic rings. The normalized spacial score (nSPS) is 9.75. The number of carbonyl (C=O) groups is 2. The number of esters is 1. The topological polar surface area (TPSA) is 83.0 Å². The van der Waals surface area contributed by atoms with Crippen molar-refractivity contribution in [3.8, 4) is 5.75 Å². The van der Waals surface area contributed by atoms with E-state index in [-0.39, 0.29) is 5.75 Å². The lowest BCUT2D eigenvalue weighted by Gasteiger charge is -2.21. The van der Waals surface area contributed by atoms with Crippen LogP contribution in [0.3, 0.4) is 0 Å². The summed E-state index contributed by atoms with van der Waals surface area (Å²) in [6.07, 6.45) is 0. The van der Waals surface area contributed by atoms with Crippen molar-refractivity contribution in [2.24, 2.45) is 0 Å². The van der Waals surface area contributed by atoms with Crippen LogP contribution in [0.5, 0.6) is 5.75 Å². The Bertz CT molecular complexity index is 796. The van der Waals surface area contributed by atoms with E-state index in [1.807, 2.05) is 48.3 Å². The number of para-hydroxylation sites is 2. The third-order valence-corrected chi connectivity index (χ3v) is 3.37. The van der Waals surface area contributed by atoms with Crippen molar-refractivity contribution in [1.29, 1.82) is 0 Å². The van der Waals surface area contributed by atoms with Gasteiger partial charge in [0.2, 0.25) is 5.78 Å². The molecule has 2 aromatic carbocycles. The Morgan fingerprint density at radius 3 is 2.33 bits per heavy atom. The Kier molecular flexibility index (Phi) is 5.60. The SMILES string of the molecule is CC(=O)C(=[N+]=[N-])C(=O)Oc1ccccc1N(C)Cc1ccccc1. The lowest BCUT2D eigenvalue weighted by atomic mass is 10.2. The fraction of sp³-hybridized carbons (Fsp3) is 0.167. The third-order valence-electron chi connectivity index (χ3n) is 3.37. The number of hydrogen-bond acceptors (Lipinski definition) is 4. The van der Waals surface area contributed by atoms with Gasteiger partial charge in [-0.05, 0) is 17.7 Å². The van der Waals surface area contributed by atoms with Gasteiger partial charge in [-0.3, -0.25) is 4.79 Å². The number of Topliss-reactive ketones (excluding diaryl/α,β-unsaturated/α-hetero) is 1. The molecule has 0 atom stereocenters. The maximum Gasteiger partial charge on any atom is 0.441 e. The van der Waals surface area contributed by atoms with E-state index in [0.29, 0.717) is 12.2 Å². The van der Waals surface area contributed by atoms with E-state index < -0.39 is 17.5 Å². The number of benzene rings is 2. The van der Waals surface area contributed by atoms with Crippen molar-refractivity contribution in [2.45, 2.75) is 13.5 Å². The maximum atomic E-state index is 12.0. The number of anilines is 1. The molecule has 0 fully saturated rings. The fourth-order valence-corrected chi connectivity index (χ4v) is 2.20. The average Bonchev–Trinajstić information content (AvgIpc) is 2.56. The van der Waals surface area contributed by atoms with Crippen LogP contribution in [0.15, 0.2) is 54.6 Å². The van der Waals surface area contributed by atoms with E-state index in [4.69, 9.17) is 10.3 Å². The summed E-state index contributed by atoms with van der Waals surface area (Å²) < 4.78 is 5.23. The van der Waals surface area contributed by atoms with Crippen LogP contribution in [-0.2, 0) is 16.1 Å². The van der Waals surface area contributed by atoms with Crippen molar-refractivity contribution in [3.05, 3.63) is 65.7 Å². The van der Waals surface area contributed by atoms with E-state index in [2.05, 4.69) is 4.79 Å². The summed E-state index contributed by atoms with van der Waals surface area (Å²) in [4.78, 5) is 27.9. The largest absolute Gasteiger partial charge is 0.441 e. The molecule has 0 N–H and O–H groups in total. The number of ketones is 1. The van der Waals surface area contributed by atoms with Crippen LogP contribution < -0.4 is 9.64 Å². The van der Waals surface area contributed by atoms with Gasteiger partial charge in [-0.2, -0.15) is 4.79 Å². The lowest BCUT2D eigenvalue weighted by Crippen LogP contribution is -2.28. The van der Waals surface area contributed by atoms with E-state index in [1.165, 1.54) is 0 Å². The molecule has 0 radical (unpaired) electrons. The van der Waals surface area contributed by atoms with Crippen molar-refractivity contribution in [3.63, 3.8) is 0 Å². The van der Waals surface area contributed by atoms with Crippen LogP contribution in [0.4, 0.5) is 5.69 Å². The summed E-state index contributed by atoms with van der Waals surface area (Å²) in [5, 5.41) is 0. The summed E-state index contributed by atoms with van der Waals surface area (Å²) in [5.41, 5.74) is 9.91. The van der Waals surface area contributed by atoms with Gasteiger partial charge in [-0.15, -0.1) is 0 Å². The van der Waals surface area contributed by atoms with Gasteiger partial charge in [0.05, 0.1) is 5.69 Å². The molecule has 122 valence electrons. The summed E-state index contributed by atoms with van der Waals surface area (Å²) in [6.45, 7) is 1.74. The maximum absolute atomic E-state index is 12.0. The molecule has 0 saturated carbocycles. The number of rotatable bonds is 6. The molecular formula is C18H17N3O3. The predicted molar refractivity (Wildman–Crippen MR) is 89.9 cm³/mol. The van der Waals surface area contributed by atoms with Crippen molar-refractivity contribution >= 4 is 23.2 Å². The highest BCUT2D eigenvalue weighted by molar-refractivity contribution is 6.62. The number of nitrogens with zero attached hydrogens (tertiary/aromatic N) is 3. The minimum Gasteiger partial charge on any atom is -0.415 e. The number of ether oxygens (including phenoxy) is 1. The molecule has 0 aromatic heterocycles. The van der Waals surface area contributed by atoms with Gasteiger partial charge >= 0.3 is 11.7 Å². The zero-order valence-electron chi connectivity index (χ0n) is 13.5. The standard InChI is InChI=1S/C18H17N3O3/c1-13(22)17(20-19)18(23)24-16-11-7-6-10-15(16)21(2)12-14-8-4-3-5-9-14/h3-11H,12H2,1-2H3. The van der Waals surface area contributed by atoms with Crippen LogP contribution in [-0.4, -0.2) is 29.3 Å². The molecule has 0 aliphatic heterocycles. The summed E-state index contributed by atoms with van der Waals surface area (Å²) >= 11 is 0. The quantitative estimate of drug-likeness (QED) is 0.204. The highest BCUT2D eigenvalue weighted by Crippen LogP contribution is 2.28. The molecule has 0 bridgehead atoms. The highest BCUT2D eigenvalue weighted by atomic mass is 16.5. The molecular weight excluding hydrogens is 306 g/mol. The van der Waals surface area contributed by atoms with Crippen LogP contribution in [0.1, 0.15) is 12.5 Å². The Balaban J connectivity index is 2.22. The summed E-state index contributed by atoms with van der Waals surface area (Å²) in [7, 11) is 1.87. The molecule has 0 amide bonds. The minimum absolute atomic E-state index is 0.281. The van der Waals surface area contributed by atoms with Gasteiger partial charge in [0, 0.05) is 20.5 Å². The molecule has 24 heavy (non-hydrogen) atoms. The molecule has 0 aliphatic rings. The first-order valence-corrected chi connectivity index (χ1v) is 7.32. The Labute approximate surface area is 139 Å². The second-order valence-corrected chi connectivity index (χ2v) is 5.20. The van der Waals surface area contributed by atoms with Crippen molar-refractivity contribution in [2.75, 3.05) is 11.9 Å². The van der Waals surface area contributed by atoms with Gasteiger partial charge in [-0.1, -0.05) is 42.5 Å². The first-order valence-electron chi connectivity index (χ1n) is 7.32. The van der Waals surface area contributed by atoms with Crippen molar-refractivity contribution < 1.29 is 19.1 Å². The van der Waals surface area contributed by atoms with Gasteiger partial charge in [0.25, 0.3) is 0 Å². The van der Waals surface area contributed by atoms with Gasteiger partial charge in [-0.25, -0.2) is 4.79 Å². The Morgan fingerprint density at radius 2 is 1.71 bits per heavy atom. The first-order chi connectivity index (χ1) is 11.5. The molecule has 0 spiro atoms. The average molecular weight is 323 g/mol. The molecule has 6 heteroatoms. The Morgan fingerprint density at radius 1 is 1.08 bits per heavy atom. The highest BCUT2D eigenvalue weighted by Gasteiger charge is 2.29. The van der Waals surface area contributed by atoms with Gasteiger partial charge < -0.3 is 15.2 Å². The zero-order valence-corrected chi connectivity index (χ0v) is 13.5. The lowest BCUT2D eigenvalue weighted by molar-refractivity contribution is -0.134. The second kappa shape index (κ2) is 7.85. The third kappa shape index (κ3) is 4.15. The predicted octanol–water partition coefficient (Wildman–Crippen LogP) is 2.49. The van der Waals surface area contributed by atoms with Crippen LogP contribution in [0.25, 0.3) is 5.53 Å². The molecule has 6 nitrogen and oxygen atoms in total. The monoisotopic (exact) mass is 323 g/mol. The zero-order chi connectivity index (χ0) is 17.5. The van der Waals surface area contributed by atoms with Crippen LogP contribution >= 0.6 is 0 Å². The fourth-order valence-electron chi connectivity index (χ4n) is 2.20. The summed E-state index contributed by atoms with van der Waals surface area (Å²) in [5.74, 6) is -1.38. The molecule has 0 aliphatic carbocycles. The van der Waals surface area contributed by atoms with E-state index >= 15 is 0 Å². The van der Waals surface area contributed by atoms with E-state index in [1.54, 1.807) is 18.2 Å². The van der Waals surface area contributed by atoms with E-state index in [0.717, 1.165) is 12.5 Å². The first kappa shape index (κ1) is 17.1. The van der Waals surface area contributed by atoms with Gasteiger partial charge in [0.15, 0.2) is 5.75 Å². The molecule has 0 unspecified atom stereocenters. The van der Waals surface area contributed by atoms with E-state index in [9.17, 15) is 9.59 Å². The molecule has 2 rings (SSSR count). The minimum atomic E-state index is -0.995. The van der Waals surface area contributed by atoms with Gasteiger partial charge in [0.1, 0.15) is 0 Å². The smallest absolute Gasteiger partial charge is 0.415 e. The van der Waals surface area contributed by atoms with Crippen LogP contribution in [0, 0.1) is 0 Å². The molecule has 0 saturated heterocycles. The summed E-state index contributed by atoms with van der Waals surface area (Å²) in [6, 6.07) is 16.8. The number of hydrogen-bond donors (Lipinski definition) is 0. The number of carbonyl (C=O) groups excluding carboxylic acids is 2. The second-order valence-electron chi connectivity index (χ2n) is 5.20.